The SMILES string of the molecule is O=C(CN1CCCCC1)N1CCN(c2ncccn2)CC1. The molecule has 0 aliphatic carbocycles. The van der Waals surface area contributed by atoms with Gasteiger partial charge in [-0.25, -0.2) is 9.97 Å². The van der Waals surface area contributed by atoms with Gasteiger partial charge in [0.1, 0.15) is 0 Å². The molecule has 0 saturated carbocycles. The Hall–Kier alpha value is -1.69. The minimum Gasteiger partial charge on any atom is -0.338 e. The number of piperidine rings is 1. The molecule has 3 rings (SSSR count). The molecule has 2 saturated heterocycles. The third-order valence-electron chi connectivity index (χ3n) is 4.27. The zero-order valence-corrected chi connectivity index (χ0v) is 12.4. The number of rotatable bonds is 3. The van der Waals surface area contributed by atoms with Gasteiger partial charge < -0.3 is 9.80 Å². The Kier molecular flexibility index (Phi) is 4.65. The Labute approximate surface area is 125 Å². The van der Waals surface area contributed by atoms with Gasteiger partial charge in [-0.05, 0) is 32.0 Å². The average molecular weight is 289 g/mol. The summed E-state index contributed by atoms with van der Waals surface area (Å²) in [6, 6.07) is 1.82. The molecule has 0 unspecified atom stereocenters. The monoisotopic (exact) mass is 289 g/mol. The van der Waals surface area contributed by atoms with E-state index in [1.54, 1.807) is 12.4 Å². The van der Waals surface area contributed by atoms with Gasteiger partial charge in [0.2, 0.25) is 11.9 Å². The van der Waals surface area contributed by atoms with Crippen molar-refractivity contribution < 1.29 is 4.79 Å². The zero-order valence-electron chi connectivity index (χ0n) is 12.4. The molecule has 21 heavy (non-hydrogen) atoms. The van der Waals surface area contributed by atoms with Gasteiger partial charge >= 0.3 is 0 Å². The zero-order chi connectivity index (χ0) is 14.5. The van der Waals surface area contributed by atoms with Gasteiger partial charge in [-0.1, -0.05) is 6.42 Å². The number of aromatic nitrogens is 2. The van der Waals surface area contributed by atoms with E-state index in [0.29, 0.717) is 6.54 Å². The van der Waals surface area contributed by atoms with Crippen LogP contribution < -0.4 is 4.90 Å². The van der Waals surface area contributed by atoms with Gasteiger partial charge in [-0.2, -0.15) is 0 Å². The molecular formula is C15H23N5O. The third kappa shape index (κ3) is 3.69. The van der Waals surface area contributed by atoms with E-state index < -0.39 is 0 Å². The predicted octanol–water partition coefficient (Wildman–Crippen LogP) is 0.611. The summed E-state index contributed by atoms with van der Waals surface area (Å²) in [5.41, 5.74) is 0. The first-order valence-electron chi connectivity index (χ1n) is 7.85. The standard InChI is InChI=1S/C15H23N5O/c21-14(13-18-7-2-1-3-8-18)19-9-11-20(12-10-19)15-16-5-4-6-17-15/h4-6H,1-3,7-13H2. The Bertz CT molecular complexity index is 452. The summed E-state index contributed by atoms with van der Waals surface area (Å²) in [6.45, 7) is 5.90. The van der Waals surface area contributed by atoms with E-state index in [2.05, 4.69) is 19.8 Å². The molecule has 2 fully saturated rings. The number of nitrogens with zero attached hydrogens (tertiary/aromatic N) is 5. The minimum absolute atomic E-state index is 0.269. The van der Waals surface area contributed by atoms with Crippen LogP contribution in [0.4, 0.5) is 5.95 Å². The van der Waals surface area contributed by atoms with Crippen molar-refractivity contribution in [3.63, 3.8) is 0 Å². The van der Waals surface area contributed by atoms with Crippen LogP contribution in [0.25, 0.3) is 0 Å². The predicted molar refractivity (Wildman–Crippen MR) is 81.1 cm³/mol. The fourth-order valence-corrected chi connectivity index (χ4v) is 3.02. The molecule has 6 heteroatoms. The summed E-state index contributed by atoms with van der Waals surface area (Å²) in [4.78, 5) is 27.3. The van der Waals surface area contributed by atoms with Crippen LogP contribution in [0.3, 0.4) is 0 Å². The van der Waals surface area contributed by atoms with Crippen molar-refractivity contribution in [3.8, 4) is 0 Å². The van der Waals surface area contributed by atoms with E-state index in [0.717, 1.165) is 45.2 Å². The average Bonchev–Trinajstić information content (AvgIpc) is 2.57. The maximum atomic E-state index is 12.3. The van der Waals surface area contributed by atoms with E-state index in [1.165, 1.54) is 19.3 Å². The number of carbonyl (C=O) groups excluding carboxylic acids is 1. The second-order valence-corrected chi connectivity index (χ2v) is 5.75. The molecular weight excluding hydrogens is 266 g/mol. The van der Waals surface area contributed by atoms with Crippen LogP contribution in [-0.2, 0) is 4.79 Å². The number of carbonyl (C=O) groups is 1. The number of hydrogen-bond donors (Lipinski definition) is 0. The molecule has 0 spiro atoms. The molecule has 0 N–H and O–H groups in total. The fraction of sp³-hybridized carbons (Fsp3) is 0.667. The van der Waals surface area contributed by atoms with Crippen molar-refractivity contribution in [1.82, 2.24) is 19.8 Å². The number of likely N-dealkylation sites (tertiary alicyclic amines) is 1. The number of hydrogen-bond acceptors (Lipinski definition) is 5. The maximum absolute atomic E-state index is 12.3. The van der Waals surface area contributed by atoms with Gasteiger partial charge in [-0.3, -0.25) is 9.69 Å². The molecule has 1 amide bonds. The highest BCUT2D eigenvalue weighted by Crippen LogP contribution is 2.12. The first-order valence-corrected chi connectivity index (χ1v) is 7.85. The van der Waals surface area contributed by atoms with Crippen molar-refractivity contribution in [2.75, 3.05) is 50.7 Å². The van der Waals surface area contributed by atoms with Crippen molar-refractivity contribution in [2.45, 2.75) is 19.3 Å². The Balaban J connectivity index is 1.47. The lowest BCUT2D eigenvalue weighted by Gasteiger charge is -2.36. The van der Waals surface area contributed by atoms with E-state index in [9.17, 15) is 4.79 Å². The molecule has 1 aromatic rings. The normalized spacial score (nSPS) is 20.6. The van der Waals surface area contributed by atoms with Crippen molar-refractivity contribution >= 4 is 11.9 Å². The van der Waals surface area contributed by atoms with Gasteiger partial charge in [0.15, 0.2) is 0 Å². The Morgan fingerprint density at radius 2 is 1.62 bits per heavy atom. The van der Waals surface area contributed by atoms with Gasteiger partial charge in [0.25, 0.3) is 0 Å². The summed E-state index contributed by atoms with van der Waals surface area (Å²) in [7, 11) is 0. The van der Waals surface area contributed by atoms with Gasteiger partial charge in [0, 0.05) is 38.6 Å². The highest BCUT2D eigenvalue weighted by atomic mass is 16.2. The molecule has 0 aromatic carbocycles. The second-order valence-electron chi connectivity index (χ2n) is 5.75. The van der Waals surface area contributed by atoms with Gasteiger partial charge in [0.05, 0.1) is 6.54 Å². The molecule has 6 nitrogen and oxygen atoms in total. The van der Waals surface area contributed by atoms with Crippen LogP contribution in [-0.4, -0.2) is 71.5 Å². The summed E-state index contributed by atoms with van der Waals surface area (Å²) in [5, 5.41) is 0. The van der Waals surface area contributed by atoms with Crippen LogP contribution in [0.5, 0.6) is 0 Å². The number of piperazine rings is 1. The van der Waals surface area contributed by atoms with Gasteiger partial charge in [-0.15, -0.1) is 0 Å². The molecule has 0 atom stereocenters. The van der Waals surface area contributed by atoms with Crippen LogP contribution in [0.1, 0.15) is 19.3 Å². The lowest BCUT2D eigenvalue weighted by molar-refractivity contribution is -0.132. The topological polar surface area (TPSA) is 52.6 Å². The van der Waals surface area contributed by atoms with E-state index in [1.807, 2.05) is 11.0 Å². The fourth-order valence-electron chi connectivity index (χ4n) is 3.02. The number of amides is 1. The van der Waals surface area contributed by atoms with Crippen molar-refractivity contribution in [2.24, 2.45) is 0 Å². The highest BCUT2D eigenvalue weighted by Gasteiger charge is 2.24. The van der Waals surface area contributed by atoms with E-state index in [4.69, 9.17) is 0 Å². The van der Waals surface area contributed by atoms with Crippen LogP contribution in [0, 0.1) is 0 Å². The molecule has 0 bridgehead atoms. The Morgan fingerprint density at radius 3 is 2.29 bits per heavy atom. The Morgan fingerprint density at radius 1 is 0.952 bits per heavy atom. The van der Waals surface area contributed by atoms with Crippen molar-refractivity contribution in [1.29, 1.82) is 0 Å². The summed E-state index contributed by atoms with van der Waals surface area (Å²) >= 11 is 0. The third-order valence-corrected chi connectivity index (χ3v) is 4.27. The van der Waals surface area contributed by atoms with Crippen LogP contribution >= 0.6 is 0 Å². The lowest BCUT2D eigenvalue weighted by Crippen LogP contribution is -2.52. The molecule has 1 aromatic heterocycles. The lowest BCUT2D eigenvalue weighted by atomic mass is 10.1. The molecule has 114 valence electrons. The largest absolute Gasteiger partial charge is 0.338 e. The maximum Gasteiger partial charge on any atom is 0.236 e. The highest BCUT2D eigenvalue weighted by molar-refractivity contribution is 5.78. The first-order chi connectivity index (χ1) is 10.3. The minimum atomic E-state index is 0.269. The summed E-state index contributed by atoms with van der Waals surface area (Å²) < 4.78 is 0. The summed E-state index contributed by atoms with van der Waals surface area (Å²) in [6.07, 6.45) is 7.28. The molecule has 0 radical (unpaired) electrons. The summed E-state index contributed by atoms with van der Waals surface area (Å²) in [5.74, 6) is 1.03. The second kappa shape index (κ2) is 6.85. The van der Waals surface area contributed by atoms with Crippen LogP contribution in [0.2, 0.25) is 0 Å². The first kappa shape index (κ1) is 14.3. The van der Waals surface area contributed by atoms with Crippen LogP contribution in [0.15, 0.2) is 18.5 Å². The molecule has 3 heterocycles. The quantitative estimate of drug-likeness (QED) is 0.816. The smallest absolute Gasteiger partial charge is 0.236 e. The number of anilines is 1. The molecule has 2 aliphatic rings. The van der Waals surface area contributed by atoms with Crippen molar-refractivity contribution in [3.05, 3.63) is 18.5 Å². The van der Waals surface area contributed by atoms with E-state index in [-0.39, 0.29) is 5.91 Å². The molecule has 2 aliphatic heterocycles. The van der Waals surface area contributed by atoms with E-state index >= 15 is 0 Å².